The fourth-order valence-electron chi connectivity index (χ4n) is 2.03. The van der Waals surface area contributed by atoms with Crippen molar-refractivity contribution in [3.8, 4) is 0 Å². The molecule has 2 rings (SSSR count). The lowest BCUT2D eigenvalue weighted by Crippen LogP contribution is -2.40. The zero-order chi connectivity index (χ0) is 17.0. The number of carbonyl (C=O) groups excluding carboxylic acids is 2. The first-order valence-corrected chi connectivity index (χ1v) is 8.25. The van der Waals surface area contributed by atoms with Gasteiger partial charge in [0, 0.05) is 29.1 Å². The molecule has 0 atom stereocenters. The highest BCUT2D eigenvalue weighted by Gasteiger charge is 2.17. The van der Waals surface area contributed by atoms with Gasteiger partial charge >= 0.3 is 0 Å². The molecule has 0 spiro atoms. The molecule has 122 valence electrons. The lowest BCUT2D eigenvalue weighted by atomic mass is 10.1. The third-order valence-electron chi connectivity index (χ3n) is 3.11. The highest BCUT2D eigenvalue weighted by molar-refractivity contribution is 7.07. The van der Waals surface area contributed by atoms with E-state index in [1.54, 1.807) is 41.7 Å². The van der Waals surface area contributed by atoms with E-state index in [1.807, 2.05) is 26.2 Å². The van der Waals surface area contributed by atoms with Crippen LogP contribution in [0.5, 0.6) is 0 Å². The van der Waals surface area contributed by atoms with Gasteiger partial charge in [-0.2, -0.15) is 0 Å². The third-order valence-corrected chi connectivity index (χ3v) is 3.75. The average molecular weight is 331 g/mol. The van der Waals surface area contributed by atoms with Crippen LogP contribution in [-0.4, -0.2) is 34.3 Å². The maximum absolute atomic E-state index is 12.4. The Bertz CT molecular complexity index is 673. The van der Waals surface area contributed by atoms with Crippen LogP contribution in [0.4, 0.5) is 0 Å². The normalized spacial score (nSPS) is 11.1. The van der Waals surface area contributed by atoms with Gasteiger partial charge in [-0.15, -0.1) is 11.3 Å². The highest BCUT2D eigenvalue weighted by Crippen LogP contribution is 2.11. The van der Waals surface area contributed by atoms with Crippen LogP contribution in [0.1, 0.15) is 47.2 Å². The largest absolute Gasteiger partial charge is 0.347 e. The van der Waals surface area contributed by atoms with Gasteiger partial charge in [0.25, 0.3) is 11.8 Å². The Morgan fingerprint density at radius 2 is 1.78 bits per heavy atom. The number of benzene rings is 1. The Kier molecular flexibility index (Phi) is 5.15. The van der Waals surface area contributed by atoms with Gasteiger partial charge in [-0.25, -0.2) is 4.98 Å². The summed E-state index contributed by atoms with van der Waals surface area (Å²) >= 11 is 1.51. The molecule has 23 heavy (non-hydrogen) atoms. The average Bonchev–Trinajstić information content (AvgIpc) is 2.97. The topological polar surface area (TPSA) is 62.3 Å². The van der Waals surface area contributed by atoms with Crippen molar-refractivity contribution >= 4 is 23.2 Å². The Morgan fingerprint density at radius 3 is 2.30 bits per heavy atom. The lowest BCUT2D eigenvalue weighted by molar-refractivity contribution is 0.0782. The Balaban J connectivity index is 2.03. The summed E-state index contributed by atoms with van der Waals surface area (Å²) in [6, 6.07) is 6.70. The predicted molar refractivity (Wildman–Crippen MR) is 91.6 cm³/mol. The van der Waals surface area contributed by atoms with Crippen LogP contribution in [0.25, 0.3) is 0 Å². The van der Waals surface area contributed by atoms with E-state index in [-0.39, 0.29) is 17.4 Å². The number of amides is 2. The molecule has 0 radical (unpaired) electrons. The SMILES string of the molecule is CN(Cc1cscn1)C(=O)c1ccc(C(=O)NC(C)(C)C)cc1. The molecule has 1 aromatic carbocycles. The van der Waals surface area contributed by atoms with Gasteiger partial charge in [0.2, 0.25) is 0 Å². The number of hydrogen-bond acceptors (Lipinski definition) is 4. The number of thiazole rings is 1. The van der Waals surface area contributed by atoms with E-state index in [0.29, 0.717) is 17.7 Å². The molecule has 6 heteroatoms. The second kappa shape index (κ2) is 6.91. The minimum Gasteiger partial charge on any atom is -0.347 e. The molecule has 0 unspecified atom stereocenters. The van der Waals surface area contributed by atoms with E-state index in [0.717, 1.165) is 5.69 Å². The quantitative estimate of drug-likeness (QED) is 0.937. The van der Waals surface area contributed by atoms with E-state index in [9.17, 15) is 9.59 Å². The first kappa shape index (κ1) is 17.1. The number of nitrogens with one attached hydrogen (secondary N) is 1. The van der Waals surface area contributed by atoms with Gasteiger partial charge < -0.3 is 10.2 Å². The maximum atomic E-state index is 12.4. The molecule has 2 aromatic rings. The lowest BCUT2D eigenvalue weighted by Gasteiger charge is -2.20. The Morgan fingerprint density at radius 1 is 1.17 bits per heavy atom. The van der Waals surface area contributed by atoms with Crippen molar-refractivity contribution in [1.29, 1.82) is 0 Å². The van der Waals surface area contributed by atoms with Gasteiger partial charge in [0.15, 0.2) is 0 Å². The summed E-state index contributed by atoms with van der Waals surface area (Å²) in [5, 5.41) is 4.82. The number of nitrogens with zero attached hydrogens (tertiary/aromatic N) is 2. The van der Waals surface area contributed by atoms with E-state index in [1.165, 1.54) is 11.3 Å². The van der Waals surface area contributed by atoms with Crippen LogP contribution in [0.3, 0.4) is 0 Å². The van der Waals surface area contributed by atoms with Crippen molar-refractivity contribution in [1.82, 2.24) is 15.2 Å². The van der Waals surface area contributed by atoms with E-state index < -0.39 is 0 Å². The molecule has 0 fully saturated rings. The van der Waals surface area contributed by atoms with Crippen molar-refractivity contribution in [2.45, 2.75) is 32.9 Å². The molecule has 1 aromatic heterocycles. The van der Waals surface area contributed by atoms with Gasteiger partial charge in [-0.1, -0.05) is 0 Å². The predicted octanol–water partition coefficient (Wildman–Crippen LogP) is 2.94. The number of rotatable bonds is 4. The summed E-state index contributed by atoms with van der Waals surface area (Å²) in [6.07, 6.45) is 0. The van der Waals surface area contributed by atoms with Crippen LogP contribution >= 0.6 is 11.3 Å². The smallest absolute Gasteiger partial charge is 0.253 e. The summed E-state index contributed by atoms with van der Waals surface area (Å²) in [7, 11) is 1.74. The molecule has 0 saturated carbocycles. The molecular weight excluding hydrogens is 310 g/mol. The summed E-state index contributed by atoms with van der Waals surface area (Å²) in [5.74, 6) is -0.242. The maximum Gasteiger partial charge on any atom is 0.253 e. The molecule has 0 bridgehead atoms. The van der Waals surface area contributed by atoms with Crippen LogP contribution in [-0.2, 0) is 6.54 Å². The first-order valence-electron chi connectivity index (χ1n) is 7.31. The monoisotopic (exact) mass is 331 g/mol. The van der Waals surface area contributed by atoms with Gasteiger partial charge in [-0.05, 0) is 45.0 Å². The van der Waals surface area contributed by atoms with Crippen molar-refractivity contribution in [2.24, 2.45) is 0 Å². The first-order chi connectivity index (χ1) is 10.8. The number of carbonyl (C=O) groups is 2. The van der Waals surface area contributed by atoms with Gasteiger partial charge in [0.1, 0.15) is 0 Å². The van der Waals surface area contributed by atoms with Crippen LogP contribution in [0.2, 0.25) is 0 Å². The second-order valence-electron chi connectivity index (χ2n) is 6.42. The summed E-state index contributed by atoms with van der Waals surface area (Å²) in [6.45, 7) is 6.25. The standard InChI is InChI=1S/C17H21N3O2S/c1-17(2,3)19-15(21)12-5-7-13(8-6-12)16(22)20(4)9-14-10-23-11-18-14/h5-8,10-11H,9H2,1-4H3,(H,19,21). The van der Waals surface area contributed by atoms with Crippen LogP contribution in [0.15, 0.2) is 35.2 Å². The van der Waals surface area contributed by atoms with E-state index >= 15 is 0 Å². The second-order valence-corrected chi connectivity index (χ2v) is 7.14. The zero-order valence-corrected chi connectivity index (χ0v) is 14.6. The number of aromatic nitrogens is 1. The van der Waals surface area contributed by atoms with Crippen molar-refractivity contribution in [3.63, 3.8) is 0 Å². The number of hydrogen-bond donors (Lipinski definition) is 1. The molecule has 0 saturated heterocycles. The van der Waals surface area contributed by atoms with Crippen molar-refractivity contribution in [2.75, 3.05) is 7.05 Å². The fourth-order valence-corrected chi connectivity index (χ4v) is 2.58. The summed E-state index contributed by atoms with van der Waals surface area (Å²) < 4.78 is 0. The molecule has 0 aliphatic carbocycles. The molecule has 1 heterocycles. The zero-order valence-electron chi connectivity index (χ0n) is 13.8. The Hall–Kier alpha value is -2.21. The molecule has 0 aliphatic rings. The fraction of sp³-hybridized carbons (Fsp3) is 0.353. The minimum absolute atomic E-state index is 0.0965. The molecule has 2 amide bonds. The van der Waals surface area contributed by atoms with Crippen LogP contribution in [0, 0.1) is 0 Å². The van der Waals surface area contributed by atoms with Crippen LogP contribution < -0.4 is 5.32 Å². The van der Waals surface area contributed by atoms with Gasteiger partial charge in [-0.3, -0.25) is 9.59 Å². The summed E-state index contributed by atoms with van der Waals surface area (Å²) in [5.41, 5.74) is 3.41. The van der Waals surface area contributed by atoms with E-state index in [4.69, 9.17) is 0 Å². The van der Waals surface area contributed by atoms with Gasteiger partial charge in [0.05, 0.1) is 17.7 Å². The molecule has 5 nitrogen and oxygen atoms in total. The highest BCUT2D eigenvalue weighted by atomic mass is 32.1. The van der Waals surface area contributed by atoms with Crippen molar-refractivity contribution in [3.05, 3.63) is 52.0 Å². The summed E-state index contributed by atoms with van der Waals surface area (Å²) in [4.78, 5) is 30.2. The molecular formula is C17H21N3O2S. The van der Waals surface area contributed by atoms with E-state index in [2.05, 4.69) is 10.3 Å². The molecule has 1 N–H and O–H groups in total. The Labute approximate surface area is 140 Å². The third kappa shape index (κ3) is 4.89. The van der Waals surface area contributed by atoms with Crippen molar-refractivity contribution < 1.29 is 9.59 Å². The molecule has 0 aliphatic heterocycles. The minimum atomic E-state index is -0.292.